The molecule has 1 amide bonds. The summed E-state index contributed by atoms with van der Waals surface area (Å²) in [4.78, 5) is 14.7. The molecule has 0 N–H and O–H groups in total. The van der Waals surface area contributed by atoms with Crippen molar-refractivity contribution in [3.63, 3.8) is 0 Å². The van der Waals surface area contributed by atoms with Gasteiger partial charge in [0.05, 0.1) is 18.1 Å². The van der Waals surface area contributed by atoms with Crippen molar-refractivity contribution in [3.05, 3.63) is 53.5 Å². The third-order valence-corrected chi connectivity index (χ3v) is 6.80. The number of hydrogen-bond donors (Lipinski definition) is 0. The van der Waals surface area contributed by atoms with Gasteiger partial charge in [-0.3, -0.25) is 4.79 Å². The summed E-state index contributed by atoms with van der Waals surface area (Å²) in [6.07, 6.45) is 0.638. The first-order chi connectivity index (χ1) is 13.3. The quantitative estimate of drug-likeness (QED) is 0.707. The molecule has 0 unspecified atom stereocenters. The maximum Gasteiger partial charge on any atom is 0.264 e. The fourth-order valence-electron chi connectivity index (χ4n) is 3.44. The molecular formula is C21H27NO5S. The van der Waals surface area contributed by atoms with Gasteiger partial charge in [-0.15, -0.1) is 0 Å². The molecule has 0 radical (unpaired) electrons. The molecule has 1 aromatic heterocycles. The van der Waals surface area contributed by atoms with E-state index in [0.717, 1.165) is 12.2 Å². The summed E-state index contributed by atoms with van der Waals surface area (Å²) in [6, 6.07) is 10.9. The molecule has 1 aliphatic heterocycles. The zero-order valence-corrected chi connectivity index (χ0v) is 17.4. The summed E-state index contributed by atoms with van der Waals surface area (Å²) in [6.45, 7) is 5.84. The van der Waals surface area contributed by atoms with Crippen molar-refractivity contribution in [2.75, 3.05) is 11.5 Å². The maximum absolute atomic E-state index is 13.1. The average molecular weight is 406 g/mol. The first-order valence-electron chi connectivity index (χ1n) is 9.59. The lowest BCUT2D eigenvalue weighted by Gasteiger charge is -2.30. The highest BCUT2D eigenvalue weighted by molar-refractivity contribution is 7.91. The van der Waals surface area contributed by atoms with Gasteiger partial charge in [0, 0.05) is 6.04 Å². The third-order valence-electron chi connectivity index (χ3n) is 5.05. The van der Waals surface area contributed by atoms with Crippen LogP contribution in [-0.4, -0.2) is 42.9 Å². The Hall–Kier alpha value is -2.28. The minimum atomic E-state index is -3.12. The third kappa shape index (κ3) is 4.95. The monoisotopic (exact) mass is 405 g/mol. The van der Waals surface area contributed by atoms with Crippen molar-refractivity contribution in [2.45, 2.75) is 52.3 Å². The second-order valence-corrected chi connectivity index (χ2v) is 9.52. The predicted octanol–water partition coefficient (Wildman–Crippen LogP) is 3.13. The highest BCUT2D eigenvalue weighted by Crippen LogP contribution is 2.23. The lowest BCUT2D eigenvalue weighted by atomic mass is 10.1. The SMILES string of the molecule is CCc1ccc(O[C@H](C)C(=O)N(Cc2ccc(C)o2)[C@H]2CCS(=O)(=O)C2)cc1. The number of sulfone groups is 1. The number of carbonyl (C=O) groups excluding carboxylic acids is 1. The van der Waals surface area contributed by atoms with Crippen molar-refractivity contribution in [3.8, 4) is 5.75 Å². The van der Waals surface area contributed by atoms with Crippen LogP contribution in [0.1, 0.15) is 37.4 Å². The van der Waals surface area contributed by atoms with Crippen LogP contribution in [0.5, 0.6) is 5.75 Å². The largest absolute Gasteiger partial charge is 0.481 e. The second-order valence-electron chi connectivity index (χ2n) is 7.29. The number of rotatable bonds is 7. The van der Waals surface area contributed by atoms with Crippen molar-refractivity contribution in [2.24, 2.45) is 0 Å². The molecule has 152 valence electrons. The van der Waals surface area contributed by atoms with E-state index >= 15 is 0 Å². The molecule has 0 spiro atoms. The fraction of sp³-hybridized carbons (Fsp3) is 0.476. The highest BCUT2D eigenvalue weighted by Gasteiger charge is 2.37. The summed E-state index contributed by atoms with van der Waals surface area (Å²) >= 11 is 0. The van der Waals surface area contributed by atoms with Crippen molar-refractivity contribution in [1.82, 2.24) is 4.90 Å². The Morgan fingerprint density at radius 3 is 2.50 bits per heavy atom. The smallest absolute Gasteiger partial charge is 0.264 e. The topological polar surface area (TPSA) is 76.8 Å². The van der Waals surface area contributed by atoms with Crippen LogP contribution in [0.15, 0.2) is 40.8 Å². The lowest BCUT2D eigenvalue weighted by molar-refractivity contribution is -0.140. The number of hydrogen-bond acceptors (Lipinski definition) is 5. The summed E-state index contributed by atoms with van der Waals surface area (Å²) in [5.74, 6) is 1.85. The summed E-state index contributed by atoms with van der Waals surface area (Å²) < 4.78 is 35.4. The van der Waals surface area contributed by atoms with E-state index in [-0.39, 0.29) is 30.0 Å². The Bertz CT molecular complexity index is 917. The van der Waals surface area contributed by atoms with E-state index in [9.17, 15) is 13.2 Å². The normalized spacial score (nSPS) is 19.3. The van der Waals surface area contributed by atoms with Crippen LogP contribution >= 0.6 is 0 Å². The molecule has 7 heteroatoms. The fourth-order valence-corrected chi connectivity index (χ4v) is 5.17. The van der Waals surface area contributed by atoms with Gasteiger partial charge >= 0.3 is 0 Å². The Balaban J connectivity index is 1.76. The Morgan fingerprint density at radius 2 is 1.96 bits per heavy atom. The van der Waals surface area contributed by atoms with Crippen LogP contribution in [0.4, 0.5) is 0 Å². The van der Waals surface area contributed by atoms with Gasteiger partial charge in [0.15, 0.2) is 15.9 Å². The molecule has 1 saturated heterocycles. The Morgan fingerprint density at radius 1 is 1.25 bits per heavy atom. The highest BCUT2D eigenvalue weighted by atomic mass is 32.2. The van der Waals surface area contributed by atoms with Crippen molar-refractivity contribution in [1.29, 1.82) is 0 Å². The molecule has 28 heavy (non-hydrogen) atoms. The molecular weight excluding hydrogens is 378 g/mol. The van der Waals surface area contributed by atoms with Gasteiger partial charge in [-0.2, -0.15) is 0 Å². The van der Waals surface area contributed by atoms with Gasteiger partial charge in [0.1, 0.15) is 17.3 Å². The van der Waals surface area contributed by atoms with E-state index in [1.165, 1.54) is 5.56 Å². The molecule has 3 rings (SSSR count). The second kappa shape index (κ2) is 8.39. The summed E-state index contributed by atoms with van der Waals surface area (Å²) in [7, 11) is -3.12. The zero-order valence-electron chi connectivity index (χ0n) is 16.6. The van der Waals surface area contributed by atoms with E-state index < -0.39 is 15.9 Å². The number of amides is 1. The van der Waals surface area contributed by atoms with Gasteiger partial charge in [-0.25, -0.2) is 8.42 Å². The number of ether oxygens (including phenoxy) is 1. The van der Waals surface area contributed by atoms with E-state index in [1.807, 2.05) is 43.3 Å². The van der Waals surface area contributed by atoms with E-state index in [0.29, 0.717) is 17.9 Å². The predicted molar refractivity (Wildman–Crippen MR) is 107 cm³/mol. The molecule has 0 aliphatic carbocycles. The summed E-state index contributed by atoms with van der Waals surface area (Å²) in [5.41, 5.74) is 1.19. The molecule has 0 saturated carbocycles. The van der Waals surface area contributed by atoms with Gasteiger partial charge in [0.2, 0.25) is 0 Å². The first-order valence-corrected chi connectivity index (χ1v) is 11.4. The Labute approximate surface area is 166 Å². The van der Waals surface area contributed by atoms with Gasteiger partial charge in [-0.05, 0) is 56.5 Å². The van der Waals surface area contributed by atoms with Crippen molar-refractivity contribution < 1.29 is 22.4 Å². The number of aryl methyl sites for hydroxylation is 2. The molecule has 1 fully saturated rings. The van der Waals surface area contributed by atoms with Crippen LogP contribution < -0.4 is 4.74 Å². The molecule has 1 aliphatic rings. The van der Waals surface area contributed by atoms with Gasteiger partial charge in [-0.1, -0.05) is 19.1 Å². The average Bonchev–Trinajstić information content (AvgIpc) is 3.24. The van der Waals surface area contributed by atoms with Crippen LogP contribution in [-0.2, 0) is 27.6 Å². The van der Waals surface area contributed by atoms with E-state index in [4.69, 9.17) is 9.15 Å². The molecule has 1 aromatic carbocycles. The van der Waals surface area contributed by atoms with E-state index in [1.54, 1.807) is 11.8 Å². The molecule has 2 heterocycles. The molecule has 0 bridgehead atoms. The minimum absolute atomic E-state index is 0.0175. The van der Waals surface area contributed by atoms with Crippen LogP contribution in [0.3, 0.4) is 0 Å². The number of benzene rings is 1. The first kappa shape index (κ1) is 20.5. The van der Waals surface area contributed by atoms with Crippen LogP contribution in [0.2, 0.25) is 0 Å². The minimum Gasteiger partial charge on any atom is -0.481 e. The van der Waals surface area contributed by atoms with Gasteiger partial charge in [0.25, 0.3) is 5.91 Å². The number of furan rings is 1. The van der Waals surface area contributed by atoms with E-state index in [2.05, 4.69) is 6.92 Å². The van der Waals surface area contributed by atoms with Crippen molar-refractivity contribution >= 4 is 15.7 Å². The molecule has 2 atom stereocenters. The maximum atomic E-state index is 13.1. The standard InChI is InChI=1S/C21H27NO5S/c1-4-17-6-9-19(10-7-17)27-16(3)21(23)22(13-20-8-5-15(2)26-20)18-11-12-28(24,25)14-18/h5-10,16,18H,4,11-14H2,1-3H3/t16-,18+/m1/s1. The van der Waals surface area contributed by atoms with Gasteiger partial charge < -0.3 is 14.1 Å². The molecule has 6 nitrogen and oxygen atoms in total. The van der Waals surface area contributed by atoms with Crippen LogP contribution in [0.25, 0.3) is 0 Å². The number of nitrogens with zero attached hydrogens (tertiary/aromatic N) is 1. The zero-order chi connectivity index (χ0) is 20.3. The Kier molecular flexibility index (Phi) is 6.13. The number of carbonyl (C=O) groups is 1. The summed E-state index contributed by atoms with van der Waals surface area (Å²) in [5, 5.41) is 0. The van der Waals surface area contributed by atoms with Crippen LogP contribution in [0, 0.1) is 6.92 Å². The lowest BCUT2D eigenvalue weighted by Crippen LogP contribution is -2.46. The molecule has 2 aromatic rings.